The number of carbonyl (C=O) groups is 2. The molecule has 0 radical (unpaired) electrons. The minimum atomic E-state index is -0.718. The summed E-state index contributed by atoms with van der Waals surface area (Å²) in [5.74, 6) is 0.0554. The quantitative estimate of drug-likeness (QED) is 0.457. The fraction of sp³-hybridized carbons (Fsp3) is 0.467. The van der Waals surface area contributed by atoms with Gasteiger partial charge in [0.25, 0.3) is 0 Å². The first-order valence-electron chi connectivity index (χ1n) is 6.30. The molecule has 0 amide bonds. The maximum atomic E-state index is 11.9. The van der Waals surface area contributed by atoms with Crippen molar-refractivity contribution in [2.75, 3.05) is 12.5 Å². The number of rotatable bonds is 6. The summed E-state index contributed by atoms with van der Waals surface area (Å²) in [6, 6.07) is 7.03. The highest BCUT2D eigenvalue weighted by atomic mass is 35.5. The number of hydrogen-bond acceptors (Lipinski definition) is 3. The maximum Gasteiger partial charge on any atom is 0.315 e. The van der Waals surface area contributed by atoms with Crippen LogP contribution in [0.2, 0.25) is 0 Å². The van der Waals surface area contributed by atoms with Crippen LogP contribution in [0.1, 0.15) is 43.1 Å². The van der Waals surface area contributed by atoms with Crippen molar-refractivity contribution in [3.63, 3.8) is 0 Å². The molecular formula is C15H19ClO3. The lowest BCUT2D eigenvalue weighted by Gasteiger charge is -2.22. The van der Waals surface area contributed by atoms with Crippen molar-refractivity contribution < 1.29 is 14.3 Å². The smallest absolute Gasteiger partial charge is 0.315 e. The molecular weight excluding hydrogens is 264 g/mol. The average Bonchev–Trinajstić information content (AvgIpc) is 2.39. The van der Waals surface area contributed by atoms with Gasteiger partial charge in [0.2, 0.25) is 0 Å². The summed E-state index contributed by atoms with van der Waals surface area (Å²) in [7, 11) is 0. The van der Waals surface area contributed by atoms with E-state index in [2.05, 4.69) is 0 Å². The summed E-state index contributed by atoms with van der Waals surface area (Å²) in [5.41, 5.74) is 0.724. The van der Waals surface area contributed by atoms with Crippen LogP contribution in [0.5, 0.6) is 0 Å². The van der Waals surface area contributed by atoms with E-state index in [1.807, 2.05) is 0 Å². The van der Waals surface area contributed by atoms with Crippen molar-refractivity contribution in [3.05, 3.63) is 35.4 Å². The van der Waals surface area contributed by atoms with Crippen LogP contribution in [0, 0.1) is 0 Å². The number of alkyl halides is 1. The van der Waals surface area contributed by atoms with Gasteiger partial charge in [-0.2, -0.15) is 0 Å². The molecule has 0 spiro atoms. The molecule has 0 aliphatic carbocycles. The summed E-state index contributed by atoms with van der Waals surface area (Å²) in [4.78, 5) is 23.5. The first-order chi connectivity index (χ1) is 8.93. The maximum absolute atomic E-state index is 11.9. The molecule has 0 saturated carbocycles. The second-order valence-corrected chi connectivity index (χ2v) is 5.16. The van der Waals surface area contributed by atoms with Crippen molar-refractivity contribution in [1.82, 2.24) is 0 Å². The number of benzene rings is 1. The Bertz CT molecular complexity index is 449. The molecule has 0 atom stereocenters. The van der Waals surface area contributed by atoms with Crippen molar-refractivity contribution >= 4 is 23.4 Å². The molecule has 4 heteroatoms. The number of Topliss-reactive ketones (excluding diaryl/α,β-unsaturated/α-hetero) is 1. The van der Waals surface area contributed by atoms with Gasteiger partial charge in [-0.15, -0.1) is 11.6 Å². The van der Waals surface area contributed by atoms with Gasteiger partial charge in [-0.3, -0.25) is 9.59 Å². The third-order valence-corrected chi connectivity index (χ3v) is 3.22. The molecule has 0 saturated heterocycles. The molecule has 0 aliphatic rings. The van der Waals surface area contributed by atoms with Crippen LogP contribution in [0.3, 0.4) is 0 Å². The van der Waals surface area contributed by atoms with Crippen molar-refractivity contribution in [3.8, 4) is 0 Å². The van der Waals surface area contributed by atoms with E-state index in [-0.39, 0.29) is 11.8 Å². The van der Waals surface area contributed by atoms with Gasteiger partial charge in [0, 0.05) is 17.9 Å². The molecule has 0 aliphatic heterocycles. The second kappa shape index (κ2) is 6.71. The van der Waals surface area contributed by atoms with E-state index in [1.54, 1.807) is 45.0 Å². The monoisotopic (exact) mass is 282 g/mol. The van der Waals surface area contributed by atoms with Crippen LogP contribution in [0.4, 0.5) is 0 Å². The zero-order valence-electron chi connectivity index (χ0n) is 11.5. The Hall–Kier alpha value is -1.35. The molecule has 0 heterocycles. The molecule has 104 valence electrons. The molecule has 1 rings (SSSR count). The van der Waals surface area contributed by atoms with E-state index >= 15 is 0 Å². The van der Waals surface area contributed by atoms with Crippen LogP contribution in [-0.4, -0.2) is 24.2 Å². The van der Waals surface area contributed by atoms with Gasteiger partial charge in [0.05, 0.1) is 12.0 Å². The minimum Gasteiger partial charge on any atom is -0.465 e. The Morgan fingerprint density at radius 3 is 2.26 bits per heavy atom. The van der Waals surface area contributed by atoms with E-state index < -0.39 is 5.41 Å². The number of ketones is 1. The summed E-state index contributed by atoms with van der Waals surface area (Å²) in [5, 5.41) is 0. The molecule has 0 N–H and O–H groups in total. The van der Waals surface area contributed by atoms with Gasteiger partial charge in [0.1, 0.15) is 0 Å². The Balaban J connectivity index is 2.92. The Morgan fingerprint density at radius 2 is 1.79 bits per heavy atom. The Labute approximate surface area is 118 Å². The summed E-state index contributed by atoms with van der Waals surface area (Å²) in [6.45, 7) is 5.75. The Morgan fingerprint density at radius 1 is 1.21 bits per heavy atom. The number of ether oxygens (including phenoxy) is 1. The lowest BCUT2D eigenvalue weighted by molar-refractivity contribution is -0.148. The van der Waals surface area contributed by atoms with Crippen molar-refractivity contribution in [2.24, 2.45) is 0 Å². The summed E-state index contributed by atoms with van der Waals surface area (Å²) in [6.07, 6.45) is 0.322. The molecule has 0 fully saturated rings. The zero-order chi connectivity index (χ0) is 14.5. The molecule has 1 aromatic rings. The number of carbonyl (C=O) groups excluding carboxylic acids is 2. The number of hydrogen-bond donors (Lipinski definition) is 0. The second-order valence-electron chi connectivity index (χ2n) is 4.78. The zero-order valence-corrected chi connectivity index (χ0v) is 12.3. The SMILES string of the molecule is CCOC(=O)C(C)(C)c1ccc(C(=O)CCCl)cc1. The van der Waals surface area contributed by atoms with Crippen molar-refractivity contribution in [2.45, 2.75) is 32.6 Å². The highest BCUT2D eigenvalue weighted by molar-refractivity contribution is 6.19. The molecule has 3 nitrogen and oxygen atoms in total. The normalized spacial score (nSPS) is 11.2. The van der Waals surface area contributed by atoms with E-state index in [4.69, 9.17) is 16.3 Å². The number of esters is 1. The lowest BCUT2D eigenvalue weighted by Crippen LogP contribution is -2.31. The highest BCUT2D eigenvalue weighted by Crippen LogP contribution is 2.25. The lowest BCUT2D eigenvalue weighted by atomic mass is 9.84. The largest absolute Gasteiger partial charge is 0.465 e. The van der Waals surface area contributed by atoms with Gasteiger partial charge in [-0.25, -0.2) is 0 Å². The number of halogens is 1. The molecule has 0 bridgehead atoms. The third-order valence-electron chi connectivity index (χ3n) is 3.04. The van der Waals surface area contributed by atoms with E-state index in [1.165, 1.54) is 0 Å². The molecule has 19 heavy (non-hydrogen) atoms. The van der Waals surface area contributed by atoms with Crippen LogP contribution in [-0.2, 0) is 14.9 Å². The molecule has 0 unspecified atom stereocenters. The van der Waals surface area contributed by atoms with E-state index in [9.17, 15) is 9.59 Å². The van der Waals surface area contributed by atoms with Gasteiger partial charge < -0.3 is 4.74 Å². The van der Waals surface area contributed by atoms with Crippen molar-refractivity contribution in [1.29, 1.82) is 0 Å². The Kier molecular flexibility index (Phi) is 5.55. The van der Waals surface area contributed by atoms with Crippen LogP contribution in [0.25, 0.3) is 0 Å². The topological polar surface area (TPSA) is 43.4 Å². The fourth-order valence-electron chi connectivity index (χ4n) is 1.73. The van der Waals surface area contributed by atoms with Crippen LogP contribution < -0.4 is 0 Å². The standard InChI is InChI=1S/C15H19ClO3/c1-4-19-14(18)15(2,3)12-7-5-11(6-8-12)13(17)9-10-16/h5-8H,4,9-10H2,1-3H3. The first kappa shape index (κ1) is 15.7. The predicted octanol–water partition coefficient (Wildman–Crippen LogP) is 3.34. The van der Waals surface area contributed by atoms with E-state index in [0.717, 1.165) is 5.56 Å². The van der Waals surface area contributed by atoms with E-state index in [0.29, 0.717) is 24.5 Å². The predicted molar refractivity (Wildman–Crippen MR) is 75.8 cm³/mol. The summed E-state index contributed by atoms with van der Waals surface area (Å²) >= 11 is 5.54. The van der Waals surface area contributed by atoms with Crippen LogP contribution in [0.15, 0.2) is 24.3 Å². The van der Waals surface area contributed by atoms with Gasteiger partial charge in [-0.05, 0) is 26.3 Å². The van der Waals surface area contributed by atoms with Gasteiger partial charge in [0.15, 0.2) is 5.78 Å². The van der Waals surface area contributed by atoms with Crippen LogP contribution >= 0.6 is 11.6 Å². The fourth-order valence-corrected chi connectivity index (χ4v) is 1.90. The van der Waals surface area contributed by atoms with Gasteiger partial charge >= 0.3 is 5.97 Å². The summed E-state index contributed by atoms with van der Waals surface area (Å²) < 4.78 is 5.05. The van der Waals surface area contributed by atoms with Gasteiger partial charge in [-0.1, -0.05) is 24.3 Å². The molecule has 0 aromatic heterocycles. The minimum absolute atomic E-state index is 0.00971. The third kappa shape index (κ3) is 3.80. The molecule has 1 aromatic carbocycles. The highest BCUT2D eigenvalue weighted by Gasteiger charge is 2.31. The average molecular weight is 283 g/mol. The first-order valence-corrected chi connectivity index (χ1v) is 6.83.